The molecule has 0 amide bonds. The first-order valence-corrected chi connectivity index (χ1v) is 8.77. The highest BCUT2D eigenvalue weighted by Gasteiger charge is 2.44. The number of nitrogens with zero attached hydrogens (tertiary/aromatic N) is 3. The second-order valence-corrected chi connectivity index (χ2v) is 7.59. The molecule has 1 atom stereocenters. The summed E-state index contributed by atoms with van der Waals surface area (Å²) >= 11 is 0. The summed E-state index contributed by atoms with van der Waals surface area (Å²) in [5.41, 5.74) is 0.274. The Labute approximate surface area is 149 Å². The summed E-state index contributed by atoms with van der Waals surface area (Å²) in [5, 5.41) is 12.2. The standard InChI is InChI=1S/C17H23F3N4O2/c1-10(2)11-7-13(23-15(22-11)17(18,19)20)24-5-3-16(4-6-24)8-12(14(25)26)21-9-16/h7,10,12,21H,3-6,8-9H2,1-2H3,(H,25,26)/t12-/m0/s1. The molecule has 2 saturated heterocycles. The molecule has 1 aromatic heterocycles. The summed E-state index contributed by atoms with van der Waals surface area (Å²) in [6, 6.07) is 1.09. The smallest absolute Gasteiger partial charge is 0.451 e. The molecular weight excluding hydrogens is 349 g/mol. The number of anilines is 1. The molecule has 0 aromatic carbocycles. The number of rotatable bonds is 3. The van der Waals surface area contributed by atoms with Crippen LogP contribution in [0.3, 0.4) is 0 Å². The Bertz CT molecular complexity index is 685. The van der Waals surface area contributed by atoms with Crippen LogP contribution in [-0.2, 0) is 11.0 Å². The average molecular weight is 372 g/mol. The second kappa shape index (κ2) is 6.68. The number of halogens is 3. The van der Waals surface area contributed by atoms with Gasteiger partial charge in [0.2, 0.25) is 5.82 Å². The van der Waals surface area contributed by atoms with Crippen molar-refractivity contribution in [2.24, 2.45) is 5.41 Å². The topological polar surface area (TPSA) is 78.4 Å². The minimum Gasteiger partial charge on any atom is -0.480 e. The molecule has 1 spiro atoms. The van der Waals surface area contributed by atoms with E-state index in [2.05, 4.69) is 15.3 Å². The van der Waals surface area contributed by atoms with Crippen LogP contribution in [0.2, 0.25) is 0 Å². The number of carboxylic acids is 1. The van der Waals surface area contributed by atoms with E-state index in [0.717, 1.165) is 12.8 Å². The van der Waals surface area contributed by atoms with Crippen LogP contribution in [0.15, 0.2) is 6.07 Å². The molecule has 0 saturated carbocycles. The van der Waals surface area contributed by atoms with Crippen LogP contribution < -0.4 is 10.2 Å². The summed E-state index contributed by atoms with van der Waals surface area (Å²) in [6.45, 7) is 5.34. The SMILES string of the molecule is CC(C)c1cc(N2CCC3(CC2)CN[C@H](C(=O)O)C3)nc(C(F)(F)F)n1. The molecular formula is C17H23F3N4O2. The van der Waals surface area contributed by atoms with Gasteiger partial charge in [-0.05, 0) is 30.6 Å². The zero-order valence-corrected chi connectivity index (χ0v) is 14.8. The number of carbonyl (C=O) groups is 1. The van der Waals surface area contributed by atoms with Gasteiger partial charge in [0, 0.05) is 31.4 Å². The van der Waals surface area contributed by atoms with Crippen molar-refractivity contribution in [3.05, 3.63) is 17.6 Å². The van der Waals surface area contributed by atoms with Crippen molar-refractivity contribution in [3.8, 4) is 0 Å². The Balaban J connectivity index is 1.77. The molecule has 3 heterocycles. The number of aliphatic carboxylic acids is 1. The van der Waals surface area contributed by atoms with Crippen LogP contribution in [-0.4, -0.2) is 46.7 Å². The number of carboxylic acid groups (broad SMARTS) is 1. The molecule has 2 aliphatic heterocycles. The van der Waals surface area contributed by atoms with E-state index in [4.69, 9.17) is 5.11 Å². The van der Waals surface area contributed by atoms with Crippen molar-refractivity contribution in [3.63, 3.8) is 0 Å². The maximum absolute atomic E-state index is 13.1. The van der Waals surface area contributed by atoms with Gasteiger partial charge >= 0.3 is 12.1 Å². The second-order valence-electron chi connectivity index (χ2n) is 7.59. The zero-order valence-electron chi connectivity index (χ0n) is 14.8. The summed E-state index contributed by atoms with van der Waals surface area (Å²) in [5.74, 6) is -1.79. The van der Waals surface area contributed by atoms with Crippen LogP contribution in [0.4, 0.5) is 19.0 Å². The summed E-state index contributed by atoms with van der Waals surface area (Å²) in [7, 11) is 0. The average Bonchev–Trinajstić information content (AvgIpc) is 2.98. The van der Waals surface area contributed by atoms with Crippen molar-refractivity contribution < 1.29 is 23.1 Å². The summed E-state index contributed by atoms with van der Waals surface area (Å²) in [4.78, 5) is 20.4. The van der Waals surface area contributed by atoms with E-state index in [1.807, 2.05) is 4.90 Å². The molecule has 2 aliphatic rings. The van der Waals surface area contributed by atoms with Gasteiger partial charge in [-0.25, -0.2) is 9.97 Å². The Morgan fingerprint density at radius 3 is 2.50 bits per heavy atom. The van der Waals surface area contributed by atoms with Crippen molar-refractivity contribution in [2.45, 2.75) is 51.2 Å². The molecule has 3 rings (SSSR count). The number of hydrogen-bond acceptors (Lipinski definition) is 5. The Kier molecular flexibility index (Phi) is 4.85. The van der Waals surface area contributed by atoms with Gasteiger partial charge in [-0.1, -0.05) is 13.8 Å². The number of aromatic nitrogens is 2. The largest absolute Gasteiger partial charge is 0.480 e. The van der Waals surface area contributed by atoms with Gasteiger partial charge in [0.25, 0.3) is 0 Å². The predicted molar refractivity (Wildman–Crippen MR) is 89.0 cm³/mol. The molecule has 9 heteroatoms. The van der Waals surface area contributed by atoms with Crippen molar-refractivity contribution in [1.29, 1.82) is 0 Å². The maximum atomic E-state index is 13.1. The van der Waals surface area contributed by atoms with Gasteiger partial charge in [-0.3, -0.25) is 4.79 Å². The first kappa shape index (κ1) is 18.9. The third-order valence-electron chi connectivity index (χ3n) is 5.38. The molecule has 26 heavy (non-hydrogen) atoms. The van der Waals surface area contributed by atoms with Crippen LogP contribution >= 0.6 is 0 Å². The molecule has 6 nitrogen and oxygen atoms in total. The maximum Gasteiger partial charge on any atom is 0.451 e. The Morgan fingerprint density at radius 2 is 2.00 bits per heavy atom. The first-order chi connectivity index (χ1) is 12.1. The van der Waals surface area contributed by atoms with E-state index >= 15 is 0 Å². The predicted octanol–water partition coefficient (Wildman–Crippen LogP) is 2.65. The highest BCUT2D eigenvalue weighted by atomic mass is 19.4. The van der Waals surface area contributed by atoms with Crippen molar-refractivity contribution in [1.82, 2.24) is 15.3 Å². The van der Waals surface area contributed by atoms with Gasteiger partial charge in [-0.2, -0.15) is 13.2 Å². The molecule has 0 radical (unpaired) electrons. The van der Waals surface area contributed by atoms with E-state index < -0.39 is 24.0 Å². The molecule has 1 aromatic rings. The lowest BCUT2D eigenvalue weighted by atomic mass is 9.76. The van der Waals surface area contributed by atoms with Gasteiger partial charge in [0.1, 0.15) is 11.9 Å². The van der Waals surface area contributed by atoms with Gasteiger partial charge in [-0.15, -0.1) is 0 Å². The lowest BCUT2D eigenvalue weighted by Gasteiger charge is -2.39. The minimum absolute atomic E-state index is 0.0969. The monoisotopic (exact) mass is 372 g/mol. The fraction of sp³-hybridized carbons (Fsp3) is 0.706. The normalized spacial score (nSPS) is 23.0. The quantitative estimate of drug-likeness (QED) is 0.849. The molecule has 0 bridgehead atoms. The summed E-state index contributed by atoms with van der Waals surface area (Å²) < 4.78 is 39.4. The zero-order chi connectivity index (χ0) is 19.1. The molecule has 0 aliphatic carbocycles. The highest BCUT2D eigenvalue weighted by Crippen LogP contribution is 2.40. The van der Waals surface area contributed by atoms with E-state index in [-0.39, 0.29) is 11.3 Å². The van der Waals surface area contributed by atoms with E-state index in [1.54, 1.807) is 19.9 Å². The fourth-order valence-corrected chi connectivity index (χ4v) is 3.72. The van der Waals surface area contributed by atoms with Gasteiger partial charge < -0.3 is 15.3 Å². The third-order valence-corrected chi connectivity index (χ3v) is 5.38. The molecule has 144 valence electrons. The van der Waals surface area contributed by atoms with Crippen LogP contribution in [0.25, 0.3) is 0 Å². The lowest BCUT2D eigenvalue weighted by Crippen LogP contribution is -2.41. The van der Waals surface area contributed by atoms with Crippen molar-refractivity contribution >= 4 is 11.8 Å². The van der Waals surface area contributed by atoms with Gasteiger partial charge in [0.15, 0.2) is 0 Å². The first-order valence-electron chi connectivity index (χ1n) is 8.77. The number of alkyl halides is 3. The Hall–Kier alpha value is -1.90. The lowest BCUT2D eigenvalue weighted by molar-refractivity contribution is -0.145. The molecule has 0 unspecified atom stereocenters. The number of piperidine rings is 1. The molecule has 2 fully saturated rings. The van der Waals surface area contributed by atoms with Crippen molar-refractivity contribution in [2.75, 3.05) is 24.5 Å². The number of nitrogens with one attached hydrogen (secondary N) is 1. The third kappa shape index (κ3) is 3.77. The molecule has 2 N–H and O–H groups in total. The van der Waals surface area contributed by atoms with E-state index in [1.165, 1.54) is 0 Å². The van der Waals surface area contributed by atoms with Crippen LogP contribution in [0, 0.1) is 5.41 Å². The Morgan fingerprint density at radius 1 is 1.35 bits per heavy atom. The minimum atomic E-state index is -4.58. The highest BCUT2D eigenvalue weighted by molar-refractivity contribution is 5.74. The van der Waals surface area contributed by atoms with Crippen LogP contribution in [0.1, 0.15) is 50.5 Å². The van der Waals surface area contributed by atoms with E-state index in [0.29, 0.717) is 37.6 Å². The fourth-order valence-electron chi connectivity index (χ4n) is 3.72. The number of hydrogen-bond donors (Lipinski definition) is 2. The summed E-state index contributed by atoms with van der Waals surface area (Å²) in [6.07, 6.45) is -2.57. The van der Waals surface area contributed by atoms with Gasteiger partial charge in [0.05, 0.1) is 0 Å². The van der Waals surface area contributed by atoms with Crippen LogP contribution in [0.5, 0.6) is 0 Å². The van der Waals surface area contributed by atoms with E-state index in [9.17, 15) is 18.0 Å².